The molecule has 2 N–H and O–H groups in total. The molecule has 1 aromatic heterocycles. The van der Waals surface area contributed by atoms with E-state index >= 15 is 0 Å². The molecule has 0 spiro atoms. The van der Waals surface area contributed by atoms with E-state index in [-0.39, 0.29) is 24.4 Å². The molecular formula is C18H25ClN4O. The maximum absolute atomic E-state index is 12.9. The zero-order chi connectivity index (χ0) is 16.4. The van der Waals surface area contributed by atoms with Crippen LogP contribution in [-0.4, -0.2) is 39.7 Å². The molecule has 0 radical (unpaired) electrons. The number of carbonyl (C=O) groups is 1. The van der Waals surface area contributed by atoms with E-state index in [9.17, 15) is 4.79 Å². The van der Waals surface area contributed by atoms with Gasteiger partial charge in [0.15, 0.2) is 5.69 Å². The smallest absolute Gasteiger partial charge is 0.274 e. The Hall–Kier alpha value is -1.85. The zero-order valence-electron chi connectivity index (χ0n) is 14.2. The van der Waals surface area contributed by atoms with Crippen molar-refractivity contribution in [2.24, 2.45) is 11.7 Å². The predicted octanol–water partition coefficient (Wildman–Crippen LogP) is 2.80. The summed E-state index contributed by atoms with van der Waals surface area (Å²) in [6, 6.07) is 11.9. The number of aryl methyl sites for hydroxylation is 1. The molecule has 3 rings (SSSR count). The molecule has 2 heterocycles. The lowest BCUT2D eigenvalue weighted by Crippen LogP contribution is -2.49. The summed E-state index contributed by atoms with van der Waals surface area (Å²) in [6.45, 7) is 5.46. The molecule has 1 aliphatic rings. The summed E-state index contributed by atoms with van der Waals surface area (Å²) < 4.78 is 1.82. The van der Waals surface area contributed by atoms with Gasteiger partial charge < -0.3 is 10.6 Å². The summed E-state index contributed by atoms with van der Waals surface area (Å²) in [6.07, 6.45) is 2.00. The third-order valence-electron chi connectivity index (χ3n) is 4.62. The van der Waals surface area contributed by atoms with Gasteiger partial charge in [0, 0.05) is 24.8 Å². The van der Waals surface area contributed by atoms with Gasteiger partial charge in [-0.25, -0.2) is 4.68 Å². The molecule has 1 fully saturated rings. The second-order valence-corrected chi connectivity index (χ2v) is 6.44. The number of nitrogens with two attached hydrogens (primary N) is 1. The molecule has 1 amide bonds. The van der Waals surface area contributed by atoms with Gasteiger partial charge in [0.05, 0.1) is 5.69 Å². The molecule has 2 unspecified atom stereocenters. The first kappa shape index (κ1) is 18.5. The van der Waals surface area contributed by atoms with Crippen molar-refractivity contribution < 1.29 is 4.79 Å². The van der Waals surface area contributed by atoms with Crippen molar-refractivity contribution in [1.29, 1.82) is 0 Å². The molecule has 130 valence electrons. The Bertz CT molecular complexity index is 686. The van der Waals surface area contributed by atoms with Crippen LogP contribution in [0.25, 0.3) is 5.69 Å². The molecule has 24 heavy (non-hydrogen) atoms. The largest absolute Gasteiger partial charge is 0.333 e. The molecule has 0 bridgehead atoms. The van der Waals surface area contributed by atoms with Gasteiger partial charge in [0.25, 0.3) is 5.91 Å². The Labute approximate surface area is 149 Å². The van der Waals surface area contributed by atoms with Crippen molar-refractivity contribution in [3.05, 3.63) is 47.8 Å². The molecule has 0 saturated carbocycles. The lowest BCUT2D eigenvalue weighted by atomic mass is 9.92. The molecule has 2 aromatic rings. The van der Waals surface area contributed by atoms with Crippen molar-refractivity contribution in [1.82, 2.24) is 14.7 Å². The first-order valence-corrected chi connectivity index (χ1v) is 8.23. The number of carbonyl (C=O) groups excluding carboxylic acids is 1. The Morgan fingerprint density at radius 2 is 2.04 bits per heavy atom. The van der Waals surface area contributed by atoms with Gasteiger partial charge in [-0.2, -0.15) is 5.10 Å². The van der Waals surface area contributed by atoms with Crippen LogP contribution in [0.4, 0.5) is 0 Å². The van der Waals surface area contributed by atoms with Crippen LogP contribution in [0.2, 0.25) is 0 Å². The Morgan fingerprint density at radius 1 is 1.33 bits per heavy atom. The Kier molecular flexibility index (Phi) is 6.02. The fourth-order valence-electron chi connectivity index (χ4n) is 3.30. The lowest BCUT2D eigenvalue weighted by molar-refractivity contribution is 0.0567. The van der Waals surface area contributed by atoms with Crippen molar-refractivity contribution >= 4 is 18.3 Å². The predicted molar refractivity (Wildman–Crippen MR) is 97.8 cm³/mol. The van der Waals surface area contributed by atoms with Crippen LogP contribution in [0, 0.1) is 12.8 Å². The number of aromatic nitrogens is 2. The number of rotatable bonds is 3. The highest BCUT2D eigenvalue weighted by molar-refractivity contribution is 5.92. The third kappa shape index (κ3) is 3.62. The Balaban J connectivity index is 0.00000208. The topological polar surface area (TPSA) is 64.2 Å². The number of para-hydroxylation sites is 1. The Morgan fingerprint density at radius 3 is 2.71 bits per heavy atom. The number of hydrogen-bond donors (Lipinski definition) is 1. The van der Waals surface area contributed by atoms with Gasteiger partial charge in [0.1, 0.15) is 0 Å². The minimum absolute atomic E-state index is 0. The van der Waals surface area contributed by atoms with E-state index in [2.05, 4.69) is 12.0 Å². The van der Waals surface area contributed by atoms with Gasteiger partial charge in [-0.05, 0) is 43.9 Å². The number of benzene rings is 1. The van der Waals surface area contributed by atoms with Crippen LogP contribution < -0.4 is 5.73 Å². The first-order chi connectivity index (χ1) is 11.1. The lowest BCUT2D eigenvalue weighted by Gasteiger charge is -2.37. The van der Waals surface area contributed by atoms with Crippen LogP contribution in [-0.2, 0) is 0 Å². The van der Waals surface area contributed by atoms with Crippen LogP contribution in [0.5, 0.6) is 0 Å². The fraction of sp³-hybridized carbons (Fsp3) is 0.444. The summed E-state index contributed by atoms with van der Waals surface area (Å²) in [5.41, 5.74) is 8.30. The summed E-state index contributed by atoms with van der Waals surface area (Å²) >= 11 is 0. The average Bonchev–Trinajstić information content (AvgIpc) is 2.96. The van der Waals surface area contributed by atoms with E-state index in [0.717, 1.165) is 30.8 Å². The van der Waals surface area contributed by atoms with Gasteiger partial charge in [0.2, 0.25) is 0 Å². The van der Waals surface area contributed by atoms with Crippen molar-refractivity contribution in [2.75, 3.05) is 13.1 Å². The maximum Gasteiger partial charge on any atom is 0.274 e. The second kappa shape index (κ2) is 7.81. The summed E-state index contributed by atoms with van der Waals surface area (Å²) in [5.74, 6) is 0.612. The van der Waals surface area contributed by atoms with Crippen molar-refractivity contribution in [3.63, 3.8) is 0 Å². The zero-order valence-corrected chi connectivity index (χ0v) is 15.0. The quantitative estimate of drug-likeness (QED) is 0.927. The molecule has 1 saturated heterocycles. The number of likely N-dealkylation sites (tertiary alicyclic amines) is 1. The first-order valence-electron chi connectivity index (χ1n) is 8.23. The SMILES string of the molecule is Cc1cc(C(=O)N2CCC(C)CC2CN)nn1-c1ccccc1.Cl. The third-order valence-corrected chi connectivity index (χ3v) is 4.62. The van der Waals surface area contributed by atoms with Gasteiger partial charge in [-0.15, -0.1) is 12.4 Å². The van der Waals surface area contributed by atoms with E-state index in [0.29, 0.717) is 18.2 Å². The molecular weight excluding hydrogens is 324 g/mol. The van der Waals surface area contributed by atoms with E-state index in [4.69, 9.17) is 5.73 Å². The van der Waals surface area contributed by atoms with E-state index < -0.39 is 0 Å². The molecule has 5 nitrogen and oxygen atoms in total. The minimum Gasteiger partial charge on any atom is -0.333 e. The monoisotopic (exact) mass is 348 g/mol. The van der Waals surface area contributed by atoms with Crippen LogP contribution in [0.3, 0.4) is 0 Å². The van der Waals surface area contributed by atoms with Gasteiger partial charge in [-0.3, -0.25) is 4.79 Å². The van der Waals surface area contributed by atoms with Gasteiger partial charge >= 0.3 is 0 Å². The number of piperidine rings is 1. The van der Waals surface area contributed by atoms with Crippen LogP contribution in [0.15, 0.2) is 36.4 Å². The van der Waals surface area contributed by atoms with Gasteiger partial charge in [-0.1, -0.05) is 25.1 Å². The highest BCUT2D eigenvalue weighted by atomic mass is 35.5. The summed E-state index contributed by atoms with van der Waals surface area (Å²) in [5, 5.41) is 4.53. The summed E-state index contributed by atoms with van der Waals surface area (Å²) in [4.78, 5) is 14.8. The molecule has 6 heteroatoms. The van der Waals surface area contributed by atoms with Crippen molar-refractivity contribution in [3.8, 4) is 5.69 Å². The maximum atomic E-state index is 12.9. The number of nitrogens with zero attached hydrogens (tertiary/aromatic N) is 3. The molecule has 1 aliphatic heterocycles. The fourth-order valence-corrected chi connectivity index (χ4v) is 3.30. The number of amides is 1. The second-order valence-electron chi connectivity index (χ2n) is 6.44. The normalized spacial score (nSPS) is 20.5. The van der Waals surface area contributed by atoms with Crippen molar-refractivity contribution in [2.45, 2.75) is 32.7 Å². The van der Waals surface area contributed by atoms with Crippen LogP contribution in [0.1, 0.15) is 35.9 Å². The number of halogens is 1. The van der Waals surface area contributed by atoms with Crippen LogP contribution >= 0.6 is 12.4 Å². The highest BCUT2D eigenvalue weighted by Gasteiger charge is 2.30. The highest BCUT2D eigenvalue weighted by Crippen LogP contribution is 2.24. The molecule has 1 aromatic carbocycles. The number of hydrogen-bond acceptors (Lipinski definition) is 3. The molecule has 2 atom stereocenters. The summed E-state index contributed by atoms with van der Waals surface area (Å²) in [7, 11) is 0. The van der Waals surface area contributed by atoms with E-state index in [1.54, 1.807) is 0 Å². The average molecular weight is 349 g/mol. The standard InChI is InChI=1S/C18H24N4O.ClH/c1-13-8-9-21(16(10-13)12-19)18(23)17-11-14(2)22(20-17)15-6-4-3-5-7-15;/h3-7,11,13,16H,8-10,12,19H2,1-2H3;1H. The minimum atomic E-state index is -0.00914. The molecule has 0 aliphatic carbocycles. The van der Waals surface area contributed by atoms with E-state index in [1.807, 2.05) is 52.9 Å². The van der Waals surface area contributed by atoms with E-state index in [1.165, 1.54) is 0 Å².